The number of unbranched alkanes of at least 4 members (excludes halogenated alkanes) is 2. The van der Waals surface area contributed by atoms with Crippen molar-refractivity contribution >= 4 is 50.9 Å². The molecule has 32 heavy (non-hydrogen) atoms. The molecule has 1 N–H and O–H groups in total. The van der Waals surface area contributed by atoms with Crippen molar-refractivity contribution in [3.05, 3.63) is 42.3 Å². The smallest absolute Gasteiger partial charge is 0.344 e. The molecule has 4 aromatic rings. The fourth-order valence-corrected chi connectivity index (χ4v) is 4.67. The Hall–Kier alpha value is -2.59. The first-order valence-corrected chi connectivity index (χ1v) is 11.6. The summed E-state index contributed by atoms with van der Waals surface area (Å²) < 4.78 is 14.9. The molecule has 2 aromatic heterocycles. The second kappa shape index (κ2) is 10.4. The van der Waals surface area contributed by atoms with E-state index in [-0.39, 0.29) is 6.42 Å². The summed E-state index contributed by atoms with van der Waals surface area (Å²) in [6.45, 7) is 3.53. The summed E-state index contributed by atoms with van der Waals surface area (Å²) in [7, 11) is 0. The van der Waals surface area contributed by atoms with Crippen LogP contribution in [-0.4, -0.2) is 21.4 Å². The molecule has 8 nitrogen and oxygen atoms in total. The van der Waals surface area contributed by atoms with Gasteiger partial charge in [0.15, 0.2) is 6.54 Å². The highest BCUT2D eigenvalue weighted by atomic mass is 32.2. The van der Waals surface area contributed by atoms with Crippen LogP contribution in [0.3, 0.4) is 0 Å². The normalized spacial score (nSPS) is 11.8. The van der Waals surface area contributed by atoms with Crippen LogP contribution in [0.4, 0.5) is 0 Å². The van der Waals surface area contributed by atoms with Crippen LogP contribution in [0, 0.1) is 6.92 Å². The molecular weight excluding hydrogens is 432 g/mol. The average molecular weight is 459 g/mol. The van der Waals surface area contributed by atoms with E-state index < -0.39 is 5.97 Å². The highest BCUT2D eigenvalue weighted by molar-refractivity contribution is 7.94. The molecule has 0 aliphatic rings. The molecule has 0 unspecified atom stereocenters. The number of para-hydroxylation sites is 1. The number of aliphatic carboxylic acids is 1. The first-order valence-electron chi connectivity index (χ1n) is 10.7. The lowest BCUT2D eigenvalue weighted by atomic mass is 10.1. The van der Waals surface area contributed by atoms with Crippen molar-refractivity contribution in [3.63, 3.8) is 0 Å². The number of carboxylic acids is 1. The maximum atomic E-state index is 10.7. The quantitative estimate of drug-likeness (QED) is 0.112. The molecule has 0 amide bonds. The van der Waals surface area contributed by atoms with Crippen molar-refractivity contribution in [2.75, 3.05) is 5.75 Å². The SMILES string of the molecule is Cc1oc2cc3c(cc2[n+]1CCCCCC(=O)O)c1ccccc1n3CCCSOO[O-]. The van der Waals surface area contributed by atoms with Gasteiger partial charge < -0.3 is 19.3 Å². The zero-order valence-electron chi connectivity index (χ0n) is 17.9. The standard InChI is InChI=1S/C23H26N2O6S/c1-16-24(11-6-2-3-10-23(26)27)21-14-18-17-8-4-5-9-19(17)25(12-7-13-32-31-30-28)20(18)15-22(21)29-16/h4-5,8-9,14-15H,2-3,6-7,10-13H2,1H3,(H-,26,27,28). The van der Waals surface area contributed by atoms with Crippen LogP contribution in [0.2, 0.25) is 0 Å². The first kappa shape index (κ1) is 22.6. The van der Waals surface area contributed by atoms with Crippen LogP contribution in [0.1, 0.15) is 38.0 Å². The predicted molar refractivity (Wildman–Crippen MR) is 119 cm³/mol. The van der Waals surface area contributed by atoms with E-state index >= 15 is 0 Å². The zero-order valence-corrected chi connectivity index (χ0v) is 18.7. The molecule has 0 spiro atoms. The maximum absolute atomic E-state index is 10.7. The molecular formula is C23H26N2O6S. The van der Waals surface area contributed by atoms with Gasteiger partial charge in [0.25, 0.3) is 5.52 Å². The molecule has 2 heterocycles. The van der Waals surface area contributed by atoms with Gasteiger partial charge in [-0.1, -0.05) is 18.2 Å². The van der Waals surface area contributed by atoms with Gasteiger partial charge in [0.05, 0.1) is 12.4 Å². The third kappa shape index (κ3) is 4.75. The van der Waals surface area contributed by atoms with Crippen LogP contribution in [0.5, 0.6) is 0 Å². The Kier molecular flexibility index (Phi) is 7.31. The number of fused-ring (bicyclic) bond motifs is 4. The molecule has 2 aromatic carbocycles. The first-order chi connectivity index (χ1) is 15.6. The van der Waals surface area contributed by atoms with E-state index in [1.807, 2.05) is 19.1 Å². The van der Waals surface area contributed by atoms with Gasteiger partial charge in [-0.15, -0.1) is 0 Å². The van der Waals surface area contributed by atoms with Crippen molar-refractivity contribution < 1.29 is 33.5 Å². The Morgan fingerprint density at radius 1 is 1.16 bits per heavy atom. The number of rotatable bonds is 12. The van der Waals surface area contributed by atoms with Crippen LogP contribution in [0.25, 0.3) is 32.9 Å². The number of aryl methyl sites for hydroxylation is 3. The lowest BCUT2D eigenvalue weighted by Gasteiger charge is -2.07. The number of oxazole rings is 1. The van der Waals surface area contributed by atoms with Crippen LogP contribution >= 0.6 is 12.0 Å². The minimum atomic E-state index is -0.744. The summed E-state index contributed by atoms with van der Waals surface area (Å²) in [5.41, 5.74) is 4.14. The molecule has 0 aliphatic carbocycles. The van der Waals surface area contributed by atoms with Crippen LogP contribution in [-0.2, 0) is 27.3 Å². The molecule has 0 aliphatic heterocycles. The summed E-state index contributed by atoms with van der Waals surface area (Å²) >= 11 is 1.00. The monoisotopic (exact) mass is 458 g/mol. The Morgan fingerprint density at radius 2 is 2.00 bits per heavy atom. The molecule has 0 bridgehead atoms. The third-order valence-electron chi connectivity index (χ3n) is 5.74. The molecule has 4 rings (SSSR count). The highest BCUT2D eigenvalue weighted by Crippen LogP contribution is 2.32. The van der Waals surface area contributed by atoms with E-state index in [0.717, 1.165) is 72.4 Å². The molecule has 170 valence electrons. The van der Waals surface area contributed by atoms with E-state index in [2.05, 4.69) is 42.8 Å². The summed E-state index contributed by atoms with van der Waals surface area (Å²) in [4.78, 5) is 10.7. The summed E-state index contributed by atoms with van der Waals surface area (Å²) in [6, 6.07) is 12.6. The fraction of sp³-hybridized carbons (Fsp3) is 0.391. The Morgan fingerprint density at radius 3 is 2.81 bits per heavy atom. The van der Waals surface area contributed by atoms with Gasteiger partial charge >= 0.3 is 11.9 Å². The third-order valence-corrected chi connectivity index (χ3v) is 6.35. The predicted octanol–water partition coefficient (Wildman–Crippen LogP) is 4.04. The number of benzene rings is 2. The number of aromatic nitrogens is 2. The van der Waals surface area contributed by atoms with Crippen LogP contribution < -0.4 is 9.82 Å². The Bertz CT molecular complexity index is 1230. The van der Waals surface area contributed by atoms with E-state index in [1.165, 1.54) is 10.8 Å². The van der Waals surface area contributed by atoms with Gasteiger partial charge in [0.1, 0.15) is 0 Å². The summed E-state index contributed by atoms with van der Waals surface area (Å²) in [5.74, 6) is 0.736. The van der Waals surface area contributed by atoms with Gasteiger partial charge in [-0.3, -0.25) is 9.83 Å². The highest BCUT2D eigenvalue weighted by Gasteiger charge is 2.22. The lowest BCUT2D eigenvalue weighted by Crippen LogP contribution is -2.35. The van der Waals surface area contributed by atoms with E-state index in [4.69, 9.17) is 9.52 Å². The summed E-state index contributed by atoms with van der Waals surface area (Å²) in [5, 5.41) is 24.5. The van der Waals surface area contributed by atoms with Gasteiger partial charge in [-0.25, -0.2) is 0 Å². The van der Waals surface area contributed by atoms with Crippen molar-refractivity contribution in [2.24, 2.45) is 0 Å². The number of hydrogen-bond donors (Lipinski definition) is 1. The van der Waals surface area contributed by atoms with Crippen molar-refractivity contribution in [1.29, 1.82) is 0 Å². The number of carbonyl (C=O) groups is 1. The molecule has 9 heteroatoms. The Balaban J connectivity index is 1.64. The molecule has 0 saturated carbocycles. The van der Waals surface area contributed by atoms with E-state index in [9.17, 15) is 10.1 Å². The summed E-state index contributed by atoms with van der Waals surface area (Å²) in [6.07, 6.45) is 3.48. The second-order valence-corrected chi connectivity index (χ2v) is 8.57. The van der Waals surface area contributed by atoms with Crippen molar-refractivity contribution in [3.8, 4) is 0 Å². The molecule has 0 radical (unpaired) electrons. The van der Waals surface area contributed by atoms with Gasteiger partial charge in [-0.05, 0) is 25.3 Å². The van der Waals surface area contributed by atoms with Gasteiger partial charge in [0.2, 0.25) is 5.58 Å². The van der Waals surface area contributed by atoms with Crippen LogP contribution in [0.15, 0.2) is 40.8 Å². The Labute approximate surface area is 189 Å². The van der Waals surface area contributed by atoms with Gasteiger partial charge in [0, 0.05) is 65.6 Å². The number of carboxylic acid groups (broad SMARTS) is 1. The number of hydrogen-bond acceptors (Lipinski definition) is 6. The van der Waals surface area contributed by atoms with Crippen molar-refractivity contribution in [2.45, 2.75) is 52.1 Å². The van der Waals surface area contributed by atoms with Gasteiger partial charge in [-0.2, -0.15) is 8.90 Å². The lowest BCUT2D eigenvalue weighted by molar-refractivity contribution is -0.777. The average Bonchev–Trinajstić information content (AvgIpc) is 3.25. The molecule has 0 saturated heterocycles. The molecule has 0 atom stereocenters. The van der Waals surface area contributed by atoms with E-state index in [0.29, 0.717) is 12.2 Å². The van der Waals surface area contributed by atoms with Crippen molar-refractivity contribution in [1.82, 2.24) is 4.57 Å². The minimum Gasteiger partial charge on any atom is -0.691 e. The molecule has 0 fully saturated rings. The van der Waals surface area contributed by atoms with E-state index in [1.54, 1.807) is 0 Å². The number of nitrogens with zero attached hydrogens (tertiary/aromatic N) is 2. The minimum absolute atomic E-state index is 0.213. The maximum Gasteiger partial charge on any atom is 0.344 e. The topological polar surface area (TPSA) is 101 Å². The fourth-order valence-electron chi connectivity index (χ4n) is 4.32. The zero-order chi connectivity index (χ0) is 22.5. The second-order valence-electron chi connectivity index (χ2n) is 7.79. The largest absolute Gasteiger partial charge is 0.691 e.